The number of ether oxygens (including phenoxy) is 3. The first-order valence-corrected chi connectivity index (χ1v) is 14.4. The second-order valence-electron chi connectivity index (χ2n) is 8.54. The van der Waals surface area contributed by atoms with Crippen molar-refractivity contribution in [2.45, 2.75) is 13.0 Å². The quantitative estimate of drug-likeness (QED) is 0.380. The number of methoxy groups -OCH3 is 1. The van der Waals surface area contributed by atoms with Crippen LogP contribution in [0.25, 0.3) is 0 Å². The third kappa shape index (κ3) is 8.02. The number of alkyl halides is 1. The molecule has 0 aromatic heterocycles. The van der Waals surface area contributed by atoms with Crippen molar-refractivity contribution in [3.63, 3.8) is 0 Å². The summed E-state index contributed by atoms with van der Waals surface area (Å²) in [6, 6.07) is 12.3. The molecule has 0 bridgehead atoms. The van der Waals surface area contributed by atoms with Crippen LogP contribution in [0.1, 0.15) is 17.5 Å². The van der Waals surface area contributed by atoms with Gasteiger partial charge in [-0.1, -0.05) is 23.9 Å². The van der Waals surface area contributed by atoms with Gasteiger partial charge in [0.05, 0.1) is 26.0 Å². The van der Waals surface area contributed by atoms with E-state index in [0.717, 1.165) is 54.9 Å². The molecule has 4 rings (SSSR count). The molecule has 9 nitrogen and oxygen atoms in total. The molecule has 2 aromatic carbocycles. The second kappa shape index (κ2) is 14.3. The Morgan fingerprint density at radius 1 is 1.13 bits per heavy atom. The van der Waals surface area contributed by atoms with Crippen LogP contribution in [-0.2, 0) is 11.3 Å². The van der Waals surface area contributed by atoms with Gasteiger partial charge in [0, 0.05) is 48.1 Å². The van der Waals surface area contributed by atoms with Crippen LogP contribution in [0.5, 0.6) is 11.5 Å². The zero-order valence-electron chi connectivity index (χ0n) is 21.2. The number of amides is 2. The number of carbonyl (C=O) groups excluding carboxylic acids is 2. The van der Waals surface area contributed by atoms with E-state index in [1.54, 1.807) is 30.3 Å². The fraction of sp³-hybridized carbons (Fsp3) is 0.423. The molecule has 12 heteroatoms. The van der Waals surface area contributed by atoms with Gasteiger partial charge in [0.1, 0.15) is 0 Å². The van der Waals surface area contributed by atoms with Crippen LogP contribution in [-0.4, -0.2) is 84.4 Å². The highest BCUT2D eigenvalue weighted by molar-refractivity contribution is 8.14. The summed E-state index contributed by atoms with van der Waals surface area (Å²) in [6.07, 6.45) is 0.321. The number of thioether (sulfide) groups is 2. The number of nitrogens with one attached hydrogen (secondary N) is 1. The van der Waals surface area contributed by atoms with Crippen molar-refractivity contribution in [3.05, 3.63) is 53.6 Å². The maximum Gasteiger partial charge on any atom is 0.411 e. The molecule has 0 unspecified atom stereocenters. The molecule has 2 aliphatic heterocycles. The first-order valence-electron chi connectivity index (χ1n) is 12.3. The van der Waals surface area contributed by atoms with E-state index in [1.165, 1.54) is 12.1 Å². The molecule has 0 saturated carbocycles. The molecule has 0 spiro atoms. The summed E-state index contributed by atoms with van der Waals surface area (Å²) in [5, 5.41) is 8.48. The fourth-order valence-electron chi connectivity index (χ4n) is 3.99. The monoisotopic (exact) mass is 562 g/mol. The van der Waals surface area contributed by atoms with Gasteiger partial charge in [0.2, 0.25) is 6.86 Å². The van der Waals surface area contributed by atoms with Crippen molar-refractivity contribution in [1.82, 2.24) is 9.91 Å². The van der Waals surface area contributed by atoms with Gasteiger partial charge >= 0.3 is 11.3 Å². The Labute approximate surface area is 230 Å². The number of hydrogen-bond acceptors (Lipinski definition) is 9. The SMILES string of the molecule is COc1ccc(C2=NN(Cc3ccc(NC(=O)OCCCN4CCSCC4)cc3)C(=O)SC2)cc1OCF. The lowest BCUT2D eigenvalue weighted by atomic mass is 10.1. The van der Waals surface area contributed by atoms with Gasteiger partial charge in [0.25, 0.3) is 0 Å². The maximum atomic E-state index is 12.8. The smallest absolute Gasteiger partial charge is 0.411 e. The number of benzene rings is 2. The summed E-state index contributed by atoms with van der Waals surface area (Å²) in [7, 11) is 1.48. The van der Waals surface area contributed by atoms with Gasteiger partial charge in [-0.25, -0.2) is 14.2 Å². The molecule has 0 aliphatic carbocycles. The lowest BCUT2D eigenvalue weighted by Gasteiger charge is -2.25. The van der Waals surface area contributed by atoms with Crippen LogP contribution in [0.15, 0.2) is 47.6 Å². The minimum absolute atomic E-state index is 0.170. The van der Waals surface area contributed by atoms with Crippen molar-refractivity contribution >= 4 is 46.3 Å². The van der Waals surface area contributed by atoms with E-state index in [4.69, 9.17) is 14.2 Å². The average molecular weight is 563 g/mol. The van der Waals surface area contributed by atoms with Crippen LogP contribution in [0, 0.1) is 0 Å². The molecule has 2 aromatic rings. The van der Waals surface area contributed by atoms with E-state index in [2.05, 4.69) is 15.3 Å². The Morgan fingerprint density at radius 3 is 2.66 bits per heavy atom. The van der Waals surface area contributed by atoms with E-state index in [0.29, 0.717) is 35.1 Å². The maximum absolute atomic E-state index is 12.8. The van der Waals surface area contributed by atoms with E-state index in [9.17, 15) is 14.0 Å². The lowest BCUT2D eigenvalue weighted by Crippen LogP contribution is -2.34. The van der Waals surface area contributed by atoms with Crippen LogP contribution in [0.4, 0.5) is 19.7 Å². The van der Waals surface area contributed by atoms with E-state index >= 15 is 0 Å². The Bertz CT molecular complexity index is 1130. The third-order valence-corrected chi connectivity index (χ3v) is 7.80. The van der Waals surface area contributed by atoms with Crippen LogP contribution in [0.2, 0.25) is 0 Å². The third-order valence-electron chi connectivity index (χ3n) is 5.98. The molecular formula is C26H31FN4O5S2. The molecule has 0 atom stereocenters. The summed E-state index contributed by atoms with van der Waals surface area (Å²) in [5.41, 5.74) is 2.83. The number of anilines is 1. The first kappa shape index (κ1) is 28.1. The number of halogens is 1. The summed E-state index contributed by atoms with van der Waals surface area (Å²) in [4.78, 5) is 27.0. The largest absolute Gasteiger partial charge is 0.493 e. The Hall–Kier alpha value is -2.96. The molecule has 2 heterocycles. The zero-order valence-corrected chi connectivity index (χ0v) is 22.8. The summed E-state index contributed by atoms with van der Waals surface area (Å²) >= 11 is 3.11. The lowest BCUT2D eigenvalue weighted by molar-refractivity contribution is 0.153. The zero-order chi connectivity index (χ0) is 26.7. The highest BCUT2D eigenvalue weighted by Crippen LogP contribution is 2.30. The molecule has 38 heavy (non-hydrogen) atoms. The molecule has 2 amide bonds. The standard InChI is InChI=1S/C26H31FN4O5S2/c1-34-23-8-5-20(15-24(23)36-18-27)22-17-38-26(33)31(29-22)16-19-3-6-21(7-4-19)28-25(32)35-12-2-9-30-10-13-37-14-11-30/h3-8,15H,2,9-14,16-18H2,1H3,(H,28,32). The molecular weight excluding hydrogens is 531 g/mol. The molecule has 0 radical (unpaired) electrons. The normalized spacial score (nSPS) is 16.1. The topological polar surface area (TPSA) is 92.7 Å². The van der Waals surface area contributed by atoms with Gasteiger partial charge < -0.3 is 19.1 Å². The molecule has 2 aliphatic rings. The summed E-state index contributed by atoms with van der Waals surface area (Å²) in [5.74, 6) is 3.40. The van der Waals surface area contributed by atoms with Crippen molar-refractivity contribution in [2.24, 2.45) is 5.10 Å². The predicted molar refractivity (Wildman–Crippen MR) is 149 cm³/mol. The summed E-state index contributed by atoms with van der Waals surface area (Å²) in [6.45, 7) is 2.78. The van der Waals surface area contributed by atoms with Gasteiger partial charge in [0.15, 0.2) is 11.5 Å². The molecule has 204 valence electrons. The van der Waals surface area contributed by atoms with Gasteiger partial charge in [-0.15, -0.1) is 0 Å². The first-order chi connectivity index (χ1) is 18.6. The number of rotatable bonds is 11. The number of carbonyl (C=O) groups is 2. The highest BCUT2D eigenvalue weighted by Gasteiger charge is 2.23. The predicted octanol–water partition coefficient (Wildman–Crippen LogP) is 5.06. The Balaban J connectivity index is 1.29. The highest BCUT2D eigenvalue weighted by atomic mass is 32.2. The molecule has 1 N–H and O–H groups in total. The van der Waals surface area contributed by atoms with Crippen molar-refractivity contribution in [2.75, 3.05) is 62.8 Å². The van der Waals surface area contributed by atoms with Crippen molar-refractivity contribution in [3.8, 4) is 11.5 Å². The van der Waals surface area contributed by atoms with E-state index < -0.39 is 13.0 Å². The minimum atomic E-state index is -0.980. The Kier molecular flexibility index (Phi) is 10.5. The van der Waals surface area contributed by atoms with E-state index in [-0.39, 0.29) is 17.5 Å². The molecule has 1 saturated heterocycles. The van der Waals surface area contributed by atoms with Crippen molar-refractivity contribution in [1.29, 1.82) is 0 Å². The Morgan fingerprint density at radius 2 is 1.92 bits per heavy atom. The van der Waals surface area contributed by atoms with Crippen LogP contribution < -0.4 is 14.8 Å². The number of hydrogen-bond donors (Lipinski definition) is 1. The minimum Gasteiger partial charge on any atom is -0.493 e. The van der Waals surface area contributed by atoms with Crippen LogP contribution >= 0.6 is 23.5 Å². The van der Waals surface area contributed by atoms with Crippen LogP contribution in [0.3, 0.4) is 0 Å². The number of hydrazone groups is 1. The second-order valence-corrected chi connectivity index (χ2v) is 10.7. The number of nitrogens with zero attached hydrogens (tertiary/aromatic N) is 3. The van der Waals surface area contributed by atoms with E-state index in [1.807, 2.05) is 23.9 Å². The fourth-order valence-corrected chi connectivity index (χ4v) is 5.70. The van der Waals surface area contributed by atoms with Crippen molar-refractivity contribution < 1.29 is 28.2 Å². The molecule has 1 fully saturated rings. The summed E-state index contributed by atoms with van der Waals surface area (Å²) < 4.78 is 28.3. The van der Waals surface area contributed by atoms with Gasteiger partial charge in [-0.2, -0.15) is 16.9 Å². The van der Waals surface area contributed by atoms with Gasteiger partial charge in [-0.05, 0) is 42.3 Å². The van der Waals surface area contributed by atoms with Gasteiger partial charge in [-0.3, -0.25) is 10.1 Å². The average Bonchev–Trinajstić information content (AvgIpc) is 2.94.